The van der Waals surface area contributed by atoms with E-state index in [4.69, 9.17) is 14.0 Å². The van der Waals surface area contributed by atoms with Crippen LogP contribution in [0.4, 0.5) is 4.79 Å². The van der Waals surface area contributed by atoms with Gasteiger partial charge >= 0.3 is 13.2 Å². The molecule has 2 heterocycles. The van der Waals surface area contributed by atoms with E-state index in [1.165, 1.54) is 17.7 Å². The number of nitrogens with one attached hydrogen (secondary N) is 1. The Bertz CT molecular complexity index is 798. The summed E-state index contributed by atoms with van der Waals surface area (Å²) in [6, 6.07) is 1.58. The van der Waals surface area contributed by atoms with Crippen LogP contribution in [-0.2, 0) is 21.1 Å². The van der Waals surface area contributed by atoms with Gasteiger partial charge in [-0.1, -0.05) is 0 Å². The second-order valence-electron chi connectivity index (χ2n) is 8.86. The fraction of sp³-hybridized carbons (Fsp3) is 0.700. The van der Waals surface area contributed by atoms with Gasteiger partial charge in [0.25, 0.3) is 5.56 Å². The quantitative estimate of drug-likeness (QED) is 0.767. The molecule has 0 unspecified atom stereocenters. The predicted octanol–water partition coefficient (Wildman–Crippen LogP) is 1.73. The van der Waals surface area contributed by atoms with E-state index in [0.717, 1.165) is 25.7 Å². The topological polar surface area (TPSA) is 88.0 Å². The van der Waals surface area contributed by atoms with Crippen molar-refractivity contribution in [3.63, 3.8) is 0 Å². The van der Waals surface area contributed by atoms with Gasteiger partial charge in [-0.2, -0.15) is 0 Å². The number of hydrogen-bond donors (Lipinski definition) is 1. The molecule has 1 amide bonds. The van der Waals surface area contributed by atoms with E-state index in [0.29, 0.717) is 11.2 Å². The number of aryl methyl sites for hydroxylation is 1. The van der Waals surface area contributed by atoms with Gasteiger partial charge in [-0.25, -0.2) is 4.79 Å². The van der Waals surface area contributed by atoms with Crippen LogP contribution in [0, 0.1) is 0 Å². The number of amides is 1. The molecule has 9 heteroatoms. The molecule has 1 saturated carbocycles. The van der Waals surface area contributed by atoms with Crippen LogP contribution in [0.2, 0.25) is 0 Å². The van der Waals surface area contributed by atoms with Gasteiger partial charge in [0, 0.05) is 30.8 Å². The van der Waals surface area contributed by atoms with E-state index in [-0.39, 0.29) is 17.7 Å². The second-order valence-corrected chi connectivity index (χ2v) is 8.86. The highest BCUT2D eigenvalue weighted by Gasteiger charge is 2.52. The number of ether oxygens (including phenoxy) is 2. The summed E-state index contributed by atoms with van der Waals surface area (Å²) in [6.45, 7) is 7.96. The molecular formula is C20H31BN2O6. The molecule has 2 fully saturated rings. The van der Waals surface area contributed by atoms with Crippen LogP contribution in [0.3, 0.4) is 0 Å². The molecule has 1 aliphatic heterocycles. The zero-order valence-electron chi connectivity index (χ0n) is 18.1. The lowest BCUT2D eigenvalue weighted by molar-refractivity contribution is 0.00578. The van der Waals surface area contributed by atoms with Gasteiger partial charge in [-0.15, -0.1) is 0 Å². The van der Waals surface area contributed by atoms with E-state index in [2.05, 4.69) is 10.1 Å². The van der Waals surface area contributed by atoms with Gasteiger partial charge in [0.1, 0.15) is 5.75 Å². The number of carbonyl (C=O) groups is 1. The predicted molar refractivity (Wildman–Crippen MR) is 110 cm³/mol. The molecule has 29 heavy (non-hydrogen) atoms. The van der Waals surface area contributed by atoms with E-state index in [9.17, 15) is 9.59 Å². The van der Waals surface area contributed by atoms with Crippen molar-refractivity contribution in [1.82, 2.24) is 9.88 Å². The molecule has 0 spiro atoms. The molecule has 8 nitrogen and oxygen atoms in total. The van der Waals surface area contributed by atoms with E-state index in [1.807, 2.05) is 27.7 Å². The first kappa shape index (κ1) is 21.7. The Balaban J connectivity index is 1.75. The lowest BCUT2D eigenvalue weighted by Crippen LogP contribution is -2.42. The number of aromatic nitrogens is 1. The molecule has 0 radical (unpaired) electrons. The van der Waals surface area contributed by atoms with E-state index < -0.39 is 24.4 Å². The van der Waals surface area contributed by atoms with Gasteiger partial charge < -0.3 is 28.7 Å². The first-order chi connectivity index (χ1) is 13.5. The summed E-state index contributed by atoms with van der Waals surface area (Å²) in [4.78, 5) is 23.6. The number of alkyl carbamates (subject to hydrolysis) is 1. The zero-order chi connectivity index (χ0) is 21.4. The van der Waals surface area contributed by atoms with Crippen LogP contribution in [-0.4, -0.2) is 48.2 Å². The van der Waals surface area contributed by atoms with Crippen LogP contribution in [0.5, 0.6) is 5.75 Å². The summed E-state index contributed by atoms with van der Waals surface area (Å²) in [5.41, 5.74) is -0.412. The van der Waals surface area contributed by atoms with Crippen molar-refractivity contribution in [2.45, 2.75) is 76.7 Å². The molecule has 1 aromatic heterocycles. The Kier molecular flexibility index (Phi) is 6.01. The highest BCUT2D eigenvalue weighted by atomic mass is 16.7. The highest BCUT2D eigenvalue weighted by molar-refractivity contribution is 6.63. The minimum Gasteiger partial charge on any atom is -0.491 e. The van der Waals surface area contributed by atoms with Crippen molar-refractivity contribution in [2.24, 2.45) is 7.05 Å². The minimum atomic E-state index is -0.612. The number of nitrogens with zero attached hydrogens (tertiary/aromatic N) is 1. The molecule has 0 bridgehead atoms. The minimum absolute atomic E-state index is 0.0426. The molecule has 2 aliphatic rings. The number of methoxy groups -OCH3 is 1. The Morgan fingerprint density at radius 3 is 2.31 bits per heavy atom. The second kappa shape index (κ2) is 8.03. The van der Waals surface area contributed by atoms with Gasteiger partial charge in [-0.05, 0) is 53.4 Å². The van der Waals surface area contributed by atoms with Crippen LogP contribution in [0.25, 0.3) is 0 Å². The molecule has 1 aromatic rings. The van der Waals surface area contributed by atoms with Crippen LogP contribution >= 0.6 is 0 Å². The van der Waals surface area contributed by atoms with Crippen molar-refractivity contribution in [2.75, 3.05) is 7.11 Å². The monoisotopic (exact) mass is 406 g/mol. The van der Waals surface area contributed by atoms with E-state index >= 15 is 0 Å². The summed E-state index contributed by atoms with van der Waals surface area (Å²) >= 11 is 0. The largest absolute Gasteiger partial charge is 0.500 e. The summed E-state index contributed by atoms with van der Waals surface area (Å²) in [5, 5.41) is 2.83. The van der Waals surface area contributed by atoms with Gasteiger partial charge in [0.15, 0.2) is 0 Å². The van der Waals surface area contributed by atoms with Crippen molar-refractivity contribution in [3.05, 3.63) is 22.6 Å². The summed E-state index contributed by atoms with van der Waals surface area (Å²) in [6.07, 6.45) is 4.39. The van der Waals surface area contributed by atoms with Crippen molar-refractivity contribution >= 4 is 18.7 Å². The van der Waals surface area contributed by atoms with Crippen molar-refractivity contribution in [1.29, 1.82) is 0 Å². The van der Waals surface area contributed by atoms with Gasteiger partial charge in [0.2, 0.25) is 0 Å². The highest BCUT2D eigenvalue weighted by Crippen LogP contribution is 2.37. The third-order valence-corrected chi connectivity index (χ3v) is 6.20. The number of carbonyl (C=O) groups excluding carboxylic acids is 1. The molecule has 3 rings (SSSR count). The number of rotatable bonds is 4. The Labute approximate surface area is 172 Å². The first-order valence-corrected chi connectivity index (χ1v) is 10.1. The van der Waals surface area contributed by atoms with Gasteiger partial charge in [-0.3, -0.25) is 4.79 Å². The summed E-state index contributed by atoms with van der Waals surface area (Å²) < 4.78 is 24.7. The maximum atomic E-state index is 12.2. The average Bonchev–Trinajstić information content (AvgIpc) is 2.86. The zero-order valence-corrected chi connectivity index (χ0v) is 18.1. The Morgan fingerprint density at radius 1 is 1.17 bits per heavy atom. The third kappa shape index (κ3) is 4.61. The van der Waals surface area contributed by atoms with E-state index in [1.54, 1.807) is 13.2 Å². The molecule has 160 valence electrons. The third-order valence-electron chi connectivity index (χ3n) is 6.20. The number of hydrogen-bond acceptors (Lipinski definition) is 6. The molecule has 1 N–H and O–H groups in total. The standard InChI is InChI=1S/C20H31BN2O6/c1-19(2)20(3,4)29-21(28-19)15-12-23(5)17(24)11-16(15)27-14-9-7-13(8-10-14)22-18(25)26-6/h11-14H,7-10H2,1-6H3,(H,22,25). The Hall–Kier alpha value is -2.00. The average molecular weight is 406 g/mol. The maximum absolute atomic E-state index is 12.2. The lowest BCUT2D eigenvalue weighted by Gasteiger charge is -2.32. The molecule has 0 aromatic carbocycles. The van der Waals surface area contributed by atoms with Gasteiger partial charge in [0.05, 0.1) is 24.4 Å². The SMILES string of the molecule is COC(=O)NC1CCC(Oc2cc(=O)n(C)cc2B2OC(C)(C)C(C)(C)O2)CC1. The van der Waals surface area contributed by atoms with Crippen LogP contribution in [0.1, 0.15) is 53.4 Å². The fourth-order valence-corrected chi connectivity index (χ4v) is 3.61. The molecular weight excluding hydrogens is 375 g/mol. The Morgan fingerprint density at radius 2 is 1.76 bits per heavy atom. The summed E-state index contributed by atoms with van der Waals surface area (Å²) in [7, 11) is 2.45. The van der Waals surface area contributed by atoms with Crippen LogP contribution < -0.4 is 21.1 Å². The number of pyridine rings is 1. The summed E-state index contributed by atoms with van der Waals surface area (Å²) in [5.74, 6) is 0.496. The smallest absolute Gasteiger partial charge is 0.491 e. The molecule has 0 atom stereocenters. The molecule has 1 aliphatic carbocycles. The van der Waals surface area contributed by atoms with Crippen molar-refractivity contribution < 1.29 is 23.6 Å². The maximum Gasteiger partial charge on any atom is 0.500 e. The first-order valence-electron chi connectivity index (χ1n) is 10.1. The lowest BCUT2D eigenvalue weighted by atomic mass is 9.79. The molecule has 1 saturated heterocycles. The normalized spacial score (nSPS) is 25.5. The fourth-order valence-electron chi connectivity index (χ4n) is 3.61. The van der Waals surface area contributed by atoms with Crippen LogP contribution in [0.15, 0.2) is 17.1 Å². The van der Waals surface area contributed by atoms with Crippen molar-refractivity contribution in [3.8, 4) is 5.75 Å².